The molecule has 1 aromatic rings. The Kier molecular flexibility index (Phi) is 2.84. The fourth-order valence-corrected chi connectivity index (χ4v) is 3.08. The van der Waals surface area contributed by atoms with Gasteiger partial charge in [0.05, 0.1) is 10.4 Å². The number of aromatic nitrogens is 1. The molecule has 1 heterocycles. The van der Waals surface area contributed by atoms with E-state index in [0.717, 1.165) is 12.8 Å². The molecule has 0 saturated heterocycles. The van der Waals surface area contributed by atoms with Crippen LogP contribution >= 0.6 is 11.3 Å². The lowest BCUT2D eigenvalue weighted by Crippen LogP contribution is -2.49. The lowest BCUT2D eigenvalue weighted by atomic mass is 9.79. The Morgan fingerprint density at radius 3 is 2.93 bits per heavy atom. The van der Waals surface area contributed by atoms with Crippen LogP contribution in [0.2, 0.25) is 0 Å². The third-order valence-electron chi connectivity index (χ3n) is 3.02. The molecule has 1 aliphatic rings. The SMILES string of the molecule is CN[C@]1(c2scnc2F)CCCCC1=O. The maximum Gasteiger partial charge on any atom is 0.229 e. The number of likely N-dealkylation sites (N-methyl/N-ethyl adjacent to an activating group) is 1. The lowest BCUT2D eigenvalue weighted by molar-refractivity contribution is -0.127. The number of hydrogen-bond acceptors (Lipinski definition) is 4. The van der Waals surface area contributed by atoms with E-state index in [1.807, 2.05) is 0 Å². The van der Waals surface area contributed by atoms with E-state index in [1.165, 1.54) is 16.8 Å². The fourth-order valence-electron chi connectivity index (χ4n) is 2.16. The summed E-state index contributed by atoms with van der Waals surface area (Å²) in [6, 6.07) is 0. The quantitative estimate of drug-likeness (QED) is 0.839. The van der Waals surface area contributed by atoms with Crippen LogP contribution in [-0.2, 0) is 10.3 Å². The van der Waals surface area contributed by atoms with Crippen molar-refractivity contribution in [2.24, 2.45) is 0 Å². The van der Waals surface area contributed by atoms with Crippen LogP contribution in [0.4, 0.5) is 4.39 Å². The van der Waals surface area contributed by atoms with Crippen molar-refractivity contribution < 1.29 is 9.18 Å². The van der Waals surface area contributed by atoms with Gasteiger partial charge in [0.1, 0.15) is 5.54 Å². The molecular formula is C10H13FN2OS. The third-order valence-corrected chi connectivity index (χ3v) is 3.98. The number of thiazole rings is 1. The van der Waals surface area contributed by atoms with Gasteiger partial charge in [-0.25, -0.2) is 4.98 Å². The zero-order valence-electron chi connectivity index (χ0n) is 8.55. The highest BCUT2D eigenvalue weighted by Crippen LogP contribution is 2.37. The molecule has 1 aromatic heterocycles. The van der Waals surface area contributed by atoms with Crippen LogP contribution in [0.25, 0.3) is 0 Å². The van der Waals surface area contributed by atoms with Crippen LogP contribution in [0.15, 0.2) is 5.51 Å². The molecule has 1 saturated carbocycles. The smallest absolute Gasteiger partial charge is 0.229 e. The van der Waals surface area contributed by atoms with E-state index in [0.29, 0.717) is 17.7 Å². The number of nitrogens with zero attached hydrogens (tertiary/aromatic N) is 1. The highest BCUT2D eigenvalue weighted by Gasteiger charge is 2.43. The molecule has 5 heteroatoms. The number of Topliss-reactive ketones (excluding diaryl/α,β-unsaturated/α-hetero) is 1. The van der Waals surface area contributed by atoms with Crippen LogP contribution in [0, 0.1) is 5.95 Å². The molecule has 0 radical (unpaired) electrons. The van der Waals surface area contributed by atoms with Gasteiger partial charge in [-0.2, -0.15) is 4.39 Å². The number of halogens is 1. The minimum atomic E-state index is -0.816. The maximum absolute atomic E-state index is 13.4. The van der Waals surface area contributed by atoms with Crippen molar-refractivity contribution in [3.05, 3.63) is 16.3 Å². The molecule has 0 aromatic carbocycles. The van der Waals surface area contributed by atoms with Crippen molar-refractivity contribution in [2.45, 2.75) is 31.2 Å². The Bertz CT molecular complexity index is 379. The van der Waals surface area contributed by atoms with Crippen LogP contribution in [0.1, 0.15) is 30.6 Å². The van der Waals surface area contributed by atoms with E-state index < -0.39 is 11.5 Å². The normalized spacial score (nSPS) is 26.9. The molecule has 0 amide bonds. The van der Waals surface area contributed by atoms with Gasteiger partial charge in [-0.05, 0) is 19.9 Å². The van der Waals surface area contributed by atoms with E-state index >= 15 is 0 Å². The predicted octanol–water partition coefficient (Wildman–Crippen LogP) is 1.84. The summed E-state index contributed by atoms with van der Waals surface area (Å²) in [4.78, 5) is 16.0. The van der Waals surface area contributed by atoms with E-state index in [-0.39, 0.29) is 5.78 Å². The number of ketones is 1. The monoisotopic (exact) mass is 228 g/mol. The molecule has 0 spiro atoms. The minimum absolute atomic E-state index is 0.0828. The van der Waals surface area contributed by atoms with E-state index in [1.54, 1.807) is 7.05 Å². The first kappa shape index (κ1) is 10.7. The van der Waals surface area contributed by atoms with Gasteiger partial charge in [0.25, 0.3) is 0 Å². The summed E-state index contributed by atoms with van der Waals surface area (Å²) in [7, 11) is 1.71. The molecule has 1 N–H and O–H groups in total. The molecule has 2 rings (SSSR count). The number of carbonyl (C=O) groups excluding carboxylic acids is 1. The Labute approximate surface area is 91.7 Å². The molecule has 15 heavy (non-hydrogen) atoms. The first-order chi connectivity index (χ1) is 7.20. The largest absolute Gasteiger partial charge is 0.304 e. The van der Waals surface area contributed by atoms with Crippen LogP contribution in [-0.4, -0.2) is 17.8 Å². The van der Waals surface area contributed by atoms with Crippen molar-refractivity contribution in [3.8, 4) is 0 Å². The third kappa shape index (κ3) is 1.59. The summed E-state index contributed by atoms with van der Waals surface area (Å²) in [5.41, 5.74) is 0.634. The molecule has 1 fully saturated rings. The summed E-state index contributed by atoms with van der Waals surface area (Å²) in [6.07, 6.45) is 3.05. The Morgan fingerprint density at radius 1 is 1.60 bits per heavy atom. The van der Waals surface area contributed by atoms with Gasteiger partial charge in [0.15, 0.2) is 5.78 Å². The van der Waals surface area contributed by atoms with Crippen molar-refractivity contribution >= 4 is 17.1 Å². The van der Waals surface area contributed by atoms with E-state index in [4.69, 9.17) is 0 Å². The Hall–Kier alpha value is -0.810. The molecule has 0 aliphatic heterocycles. The summed E-state index contributed by atoms with van der Waals surface area (Å²) in [5, 5.41) is 2.99. The number of nitrogens with one attached hydrogen (secondary N) is 1. The zero-order chi connectivity index (χ0) is 10.9. The maximum atomic E-state index is 13.4. The second-order valence-corrected chi connectivity index (χ2v) is 4.61. The van der Waals surface area contributed by atoms with Crippen LogP contribution < -0.4 is 5.32 Å². The molecular weight excluding hydrogens is 215 g/mol. The van der Waals surface area contributed by atoms with Crippen molar-refractivity contribution in [2.75, 3.05) is 7.05 Å². The molecule has 82 valence electrons. The van der Waals surface area contributed by atoms with Gasteiger partial charge in [-0.3, -0.25) is 4.79 Å². The fraction of sp³-hybridized carbons (Fsp3) is 0.600. The topological polar surface area (TPSA) is 42.0 Å². The first-order valence-corrected chi connectivity index (χ1v) is 5.90. The Balaban J connectivity index is 2.44. The second kappa shape index (κ2) is 3.98. The Morgan fingerprint density at radius 2 is 2.40 bits per heavy atom. The standard InChI is InChI=1S/C10H13FN2OS/c1-12-10(5-3-2-4-7(10)14)8-9(11)13-6-15-8/h6,12H,2-5H2,1H3/t10-/m1/s1. The highest BCUT2D eigenvalue weighted by molar-refractivity contribution is 7.09. The van der Waals surface area contributed by atoms with Gasteiger partial charge in [0.2, 0.25) is 5.95 Å². The first-order valence-electron chi connectivity index (χ1n) is 5.02. The number of carbonyl (C=O) groups is 1. The van der Waals surface area contributed by atoms with Crippen molar-refractivity contribution in [1.82, 2.24) is 10.3 Å². The minimum Gasteiger partial charge on any atom is -0.304 e. The van der Waals surface area contributed by atoms with E-state index in [9.17, 15) is 9.18 Å². The zero-order valence-corrected chi connectivity index (χ0v) is 9.36. The van der Waals surface area contributed by atoms with Crippen LogP contribution in [0.3, 0.4) is 0 Å². The average Bonchev–Trinajstić information content (AvgIpc) is 2.66. The van der Waals surface area contributed by atoms with Crippen LogP contribution in [0.5, 0.6) is 0 Å². The average molecular weight is 228 g/mol. The lowest BCUT2D eigenvalue weighted by Gasteiger charge is -2.34. The van der Waals surface area contributed by atoms with Gasteiger partial charge >= 0.3 is 0 Å². The summed E-state index contributed by atoms with van der Waals surface area (Å²) < 4.78 is 13.4. The van der Waals surface area contributed by atoms with Crippen molar-refractivity contribution in [1.29, 1.82) is 0 Å². The number of hydrogen-bond donors (Lipinski definition) is 1. The van der Waals surface area contributed by atoms with E-state index in [2.05, 4.69) is 10.3 Å². The molecule has 0 unspecified atom stereocenters. The predicted molar refractivity (Wildman–Crippen MR) is 56.3 cm³/mol. The molecule has 1 atom stereocenters. The van der Waals surface area contributed by atoms with Gasteiger partial charge in [0, 0.05) is 6.42 Å². The second-order valence-electron chi connectivity index (χ2n) is 3.76. The summed E-state index contributed by atoms with van der Waals surface area (Å²) >= 11 is 1.21. The van der Waals surface area contributed by atoms with Gasteiger partial charge < -0.3 is 5.32 Å². The summed E-state index contributed by atoms with van der Waals surface area (Å²) in [6.45, 7) is 0. The number of rotatable bonds is 2. The summed E-state index contributed by atoms with van der Waals surface area (Å²) in [5.74, 6) is -0.427. The van der Waals surface area contributed by atoms with Gasteiger partial charge in [-0.15, -0.1) is 11.3 Å². The molecule has 1 aliphatic carbocycles. The molecule has 0 bridgehead atoms. The van der Waals surface area contributed by atoms with Gasteiger partial charge in [-0.1, -0.05) is 6.42 Å². The van der Waals surface area contributed by atoms with Crippen molar-refractivity contribution in [3.63, 3.8) is 0 Å². The highest BCUT2D eigenvalue weighted by atomic mass is 32.1. The molecule has 3 nitrogen and oxygen atoms in total.